The molecule has 1 saturated carbocycles. The summed E-state index contributed by atoms with van der Waals surface area (Å²) in [6.45, 7) is 5.79. The van der Waals surface area contributed by atoms with Gasteiger partial charge in [0.1, 0.15) is 5.54 Å². The van der Waals surface area contributed by atoms with Crippen molar-refractivity contribution in [3.8, 4) is 0 Å². The molecule has 0 aromatic rings. The molecule has 0 aliphatic heterocycles. The summed E-state index contributed by atoms with van der Waals surface area (Å²) < 4.78 is 10.2. The van der Waals surface area contributed by atoms with Crippen molar-refractivity contribution in [2.45, 2.75) is 38.6 Å². The predicted molar refractivity (Wildman–Crippen MR) is 62.3 cm³/mol. The summed E-state index contributed by atoms with van der Waals surface area (Å²) in [6.07, 6.45) is 2.82. The predicted octanol–water partition coefficient (Wildman–Crippen LogP) is 1.34. The quantitative estimate of drug-likeness (QED) is 0.551. The van der Waals surface area contributed by atoms with E-state index in [4.69, 9.17) is 9.47 Å². The van der Waals surface area contributed by atoms with Gasteiger partial charge < -0.3 is 9.47 Å². The summed E-state index contributed by atoms with van der Waals surface area (Å²) in [7, 11) is 1.66. The van der Waals surface area contributed by atoms with Crippen molar-refractivity contribution in [1.29, 1.82) is 0 Å². The van der Waals surface area contributed by atoms with Crippen LogP contribution in [0.5, 0.6) is 0 Å². The summed E-state index contributed by atoms with van der Waals surface area (Å²) in [5.74, 6) is 0.481. The molecule has 0 spiro atoms. The maximum Gasteiger partial charge on any atom is 0.326 e. The summed E-state index contributed by atoms with van der Waals surface area (Å²) >= 11 is 0. The molecule has 2 unspecified atom stereocenters. The molecule has 1 fully saturated rings. The van der Waals surface area contributed by atoms with E-state index in [0.29, 0.717) is 25.7 Å². The van der Waals surface area contributed by atoms with Gasteiger partial charge in [0.2, 0.25) is 0 Å². The van der Waals surface area contributed by atoms with Crippen molar-refractivity contribution in [3.05, 3.63) is 0 Å². The number of carbonyl (C=O) groups excluding carboxylic acids is 1. The monoisotopic (exact) mass is 229 g/mol. The minimum atomic E-state index is -0.464. The zero-order valence-electron chi connectivity index (χ0n) is 10.5. The van der Waals surface area contributed by atoms with E-state index < -0.39 is 5.54 Å². The number of ether oxygens (including phenoxy) is 2. The highest BCUT2D eigenvalue weighted by molar-refractivity contribution is 5.81. The zero-order chi connectivity index (χ0) is 12.0. The summed E-state index contributed by atoms with van der Waals surface area (Å²) in [4.78, 5) is 12.0. The molecule has 0 heterocycles. The number of esters is 1. The first-order chi connectivity index (χ1) is 7.64. The molecular formula is C12H23NO3. The van der Waals surface area contributed by atoms with Crippen LogP contribution in [0.2, 0.25) is 0 Å². The molecule has 1 aliphatic carbocycles. The number of hydrogen-bond donors (Lipinski definition) is 1. The van der Waals surface area contributed by atoms with Crippen LogP contribution in [0.4, 0.5) is 0 Å². The van der Waals surface area contributed by atoms with E-state index in [1.54, 1.807) is 7.11 Å². The lowest BCUT2D eigenvalue weighted by Gasteiger charge is -2.28. The average molecular weight is 229 g/mol. The Morgan fingerprint density at radius 3 is 2.81 bits per heavy atom. The van der Waals surface area contributed by atoms with Gasteiger partial charge in [-0.05, 0) is 32.1 Å². The van der Waals surface area contributed by atoms with Gasteiger partial charge in [0.05, 0.1) is 13.2 Å². The molecule has 2 atom stereocenters. The fourth-order valence-corrected chi connectivity index (χ4v) is 2.37. The third-order valence-corrected chi connectivity index (χ3v) is 3.20. The van der Waals surface area contributed by atoms with Gasteiger partial charge in [-0.25, -0.2) is 0 Å². The number of hydrogen-bond acceptors (Lipinski definition) is 4. The Bertz CT molecular complexity index is 232. The molecule has 1 aliphatic rings. The molecule has 94 valence electrons. The maximum absolute atomic E-state index is 12.0. The second-order valence-corrected chi connectivity index (χ2v) is 4.57. The fourth-order valence-electron chi connectivity index (χ4n) is 2.37. The second kappa shape index (κ2) is 6.21. The molecule has 0 aromatic heterocycles. The van der Waals surface area contributed by atoms with Gasteiger partial charge in [0.15, 0.2) is 0 Å². The van der Waals surface area contributed by atoms with Gasteiger partial charge in [0, 0.05) is 13.7 Å². The summed E-state index contributed by atoms with van der Waals surface area (Å²) in [5, 5.41) is 3.31. The molecule has 0 aromatic carbocycles. The molecule has 0 radical (unpaired) electrons. The van der Waals surface area contributed by atoms with Crippen LogP contribution in [-0.2, 0) is 14.3 Å². The van der Waals surface area contributed by atoms with Crippen LogP contribution in [0.25, 0.3) is 0 Å². The van der Waals surface area contributed by atoms with E-state index in [0.717, 1.165) is 19.3 Å². The second-order valence-electron chi connectivity index (χ2n) is 4.57. The minimum absolute atomic E-state index is 0.101. The van der Waals surface area contributed by atoms with Crippen molar-refractivity contribution in [2.75, 3.05) is 26.9 Å². The lowest BCUT2D eigenvalue weighted by Crippen LogP contribution is -2.52. The number of methoxy groups -OCH3 is 1. The van der Waals surface area contributed by atoms with Gasteiger partial charge >= 0.3 is 5.97 Å². The van der Waals surface area contributed by atoms with Crippen molar-refractivity contribution in [3.63, 3.8) is 0 Å². The number of nitrogens with one attached hydrogen (secondary N) is 1. The summed E-state index contributed by atoms with van der Waals surface area (Å²) in [5.41, 5.74) is -0.464. The van der Waals surface area contributed by atoms with Crippen LogP contribution < -0.4 is 5.32 Å². The highest BCUT2D eigenvalue weighted by atomic mass is 16.5. The van der Waals surface area contributed by atoms with E-state index in [1.807, 2.05) is 6.92 Å². The van der Waals surface area contributed by atoms with Gasteiger partial charge in [-0.3, -0.25) is 10.1 Å². The lowest BCUT2D eigenvalue weighted by atomic mass is 9.96. The molecule has 0 bridgehead atoms. The molecule has 16 heavy (non-hydrogen) atoms. The minimum Gasteiger partial charge on any atom is -0.465 e. The smallest absolute Gasteiger partial charge is 0.326 e. The Balaban J connectivity index is 2.58. The summed E-state index contributed by atoms with van der Waals surface area (Å²) in [6, 6.07) is 0. The third kappa shape index (κ3) is 3.19. The SMILES string of the molecule is CCOC(=O)C1(NCCOC)CCC(C)C1. The normalized spacial score (nSPS) is 29.3. The highest BCUT2D eigenvalue weighted by Gasteiger charge is 2.44. The van der Waals surface area contributed by atoms with Crippen LogP contribution in [0.1, 0.15) is 33.1 Å². The third-order valence-electron chi connectivity index (χ3n) is 3.20. The molecular weight excluding hydrogens is 206 g/mol. The van der Waals surface area contributed by atoms with Crippen molar-refractivity contribution < 1.29 is 14.3 Å². The van der Waals surface area contributed by atoms with E-state index in [-0.39, 0.29) is 5.97 Å². The Morgan fingerprint density at radius 1 is 1.56 bits per heavy atom. The standard InChI is InChI=1S/C12H23NO3/c1-4-16-11(14)12(13-7-8-15-3)6-5-10(2)9-12/h10,13H,4-9H2,1-3H3. The number of carbonyl (C=O) groups is 1. The zero-order valence-corrected chi connectivity index (χ0v) is 10.5. The molecule has 0 amide bonds. The Hall–Kier alpha value is -0.610. The van der Waals surface area contributed by atoms with E-state index in [1.165, 1.54) is 0 Å². The maximum atomic E-state index is 12.0. The fraction of sp³-hybridized carbons (Fsp3) is 0.917. The average Bonchev–Trinajstić information content (AvgIpc) is 2.62. The topological polar surface area (TPSA) is 47.6 Å². The first kappa shape index (κ1) is 13.5. The van der Waals surface area contributed by atoms with Crippen LogP contribution >= 0.6 is 0 Å². The molecule has 1 N–H and O–H groups in total. The van der Waals surface area contributed by atoms with E-state index in [9.17, 15) is 4.79 Å². The first-order valence-electron chi connectivity index (χ1n) is 6.06. The van der Waals surface area contributed by atoms with Crippen molar-refractivity contribution in [1.82, 2.24) is 5.32 Å². The molecule has 1 rings (SSSR count). The Morgan fingerprint density at radius 2 is 2.31 bits per heavy atom. The van der Waals surface area contributed by atoms with Gasteiger partial charge in [-0.15, -0.1) is 0 Å². The Labute approximate surface area is 97.7 Å². The van der Waals surface area contributed by atoms with Crippen LogP contribution in [-0.4, -0.2) is 38.4 Å². The highest BCUT2D eigenvalue weighted by Crippen LogP contribution is 2.35. The van der Waals surface area contributed by atoms with Crippen LogP contribution in [0.15, 0.2) is 0 Å². The lowest BCUT2D eigenvalue weighted by molar-refractivity contribution is -0.151. The Kier molecular flexibility index (Phi) is 5.22. The van der Waals surface area contributed by atoms with Crippen LogP contribution in [0.3, 0.4) is 0 Å². The van der Waals surface area contributed by atoms with E-state index in [2.05, 4.69) is 12.2 Å². The first-order valence-corrected chi connectivity index (χ1v) is 6.06. The van der Waals surface area contributed by atoms with Gasteiger partial charge in [0.25, 0.3) is 0 Å². The van der Waals surface area contributed by atoms with Crippen molar-refractivity contribution in [2.24, 2.45) is 5.92 Å². The van der Waals surface area contributed by atoms with Crippen molar-refractivity contribution >= 4 is 5.97 Å². The molecule has 4 heteroatoms. The van der Waals surface area contributed by atoms with Gasteiger partial charge in [-0.1, -0.05) is 6.92 Å². The van der Waals surface area contributed by atoms with Gasteiger partial charge in [-0.2, -0.15) is 0 Å². The molecule has 0 saturated heterocycles. The van der Waals surface area contributed by atoms with E-state index >= 15 is 0 Å². The largest absolute Gasteiger partial charge is 0.465 e. The van der Waals surface area contributed by atoms with Crippen LogP contribution in [0, 0.1) is 5.92 Å². The number of rotatable bonds is 6. The molecule has 4 nitrogen and oxygen atoms in total.